The fourth-order valence-corrected chi connectivity index (χ4v) is 3.80. The third kappa shape index (κ3) is 1.67. The SMILES string of the molecule is Cc1nc2sc3ccc(Cl)cc3n2c1-c1ccccc1. The van der Waals surface area contributed by atoms with Crippen LogP contribution in [0.3, 0.4) is 0 Å². The Morgan fingerprint density at radius 2 is 1.90 bits per heavy atom. The van der Waals surface area contributed by atoms with Crippen molar-refractivity contribution < 1.29 is 0 Å². The van der Waals surface area contributed by atoms with E-state index in [9.17, 15) is 0 Å². The Labute approximate surface area is 125 Å². The molecule has 0 atom stereocenters. The molecule has 0 spiro atoms. The minimum Gasteiger partial charge on any atom is -0.283 e. The van der Waals surface area contributed by atoms with Gasteiger partial charge in [-0.15, -0.1) is 0 Å². The zero-order valence-corrected chi connectivity index (χ0v) is 12.4. The number of imidazole rings is 1. The molecule has 0 saturated carbocycles. The number of aromatic nitrogens is 2. The highest BCUT2D eigenvalue weighted by Crippen LogP contribution is 2.34. The smallest absolute Gasteiger partial charge is 0.195 e. The molecule has 2 heterocycles. The first-order valence-electron chi connectivity index (χ1n) is 6.36. The van der Waals surface area contributed by atoms with Gasteiger partial charge in [0.05, 0.1) is 21.6 Å². The molecule has 0 radical (unpaired) electrons. The Balaban J connectivity index is 2.16. The van der Waals surface area contributed by atoms with Crippen LogP contribution in [0.15, 0.2) is 48.5 Å². The van der Waals surface area contributed by atoms with E-state index in [0.717, 1.165) is 26.9 Å². The highest BCUT2D eigenvalue weighted by atomic mass is 35.5. The molecule has 0 N–H and O–H groups in total. The van der Waals surface area contributed by atoms with Gasteiger partial charge in [-0.3, -0.25) is 4.40 Å². The molecular formula is C16H11ClN2S. The second kappa shape index (κ2) is 4.33. The van der Waals surface area contributed by atoms with Crippen LogP contribution in [0.5, 0.6) is 0 Å². The fraction of sp³-hybridized carbons (Fsp3) is 0.0625. The zero-order chi connectivity index (χ0) is 13.7. The summed E-state index contributed by atoms with van der Waals surface area (Å²) < 4.78 is 3.41. The summed E-state index contributed by atoms with van der Waals surface area (Å²) in [5.41, 5.74) is 4.49. The summed E-state index contributed by atoms with van der Waals surface area (Å²) in [6.45, 7) is 2.05. The normalized spacial score (nSPS) is 11.5. The summed E-state index contributed by atoms with van der Waals surface area (Å²) in [7, 11) is 0. The summed E-state index contributed by atoms with van der Waals surface area (Å²) in [4.78, 5) is 5.71. The molecule has 20 heavy (non-hydrogen) atoms. The lowest BCUT2D eigenvalue weighted by Gasteiger charge is -2.03. The molecule has 0 amide bonds. The lowest BCUT2D eigenvalue weighted by atomic mass is 10.1. The Hall–Kier alpha value is -1.84. The first-order chi connectivity index (χ1) is 9.74. The quantitative estimate of drug-likeness (QED) is 0.473. The van der Waals surface area contributed by atoms with E-state index in [1.165, 1.54) is 10.3 Å². The van der Waals surface area contributed by atoms with Crippen molar-refractivity contribution in [1.82, 2.24) is 9.38 Å². The Bertz CT molecular complexity index is 922. The summed E-state index contributed by atoms with van der Waals surface area (Å²) in [6, 6.07) is 16.4. The highest BCUT2D eigenvalue weighted by Gasteiger charge is 2.15. The first kappa shape index (κ1) is 11.9. The first-order valence-corrected chi connectivity index (χ1v) is 7.56. The number of rotatable bonds is 1. The molecule has 0 aliphatic rings. The van der Waals surface area contributed by atoms with Crippen LogP contribution < -0.4 is 0 Å². The lowest BCUT2D eigenvalue weighted by Crippen LogP contribution is -1.87. The minimum absolute atomic E-state index is 0.752. The molecule has 0 aliphatic carbocycles. The van der Waals surface area contributed by atoms with E-state index in [-0.39, 0.29) is 0 Å². The monoisotopic (exact) mass is 298 g/mol. The standard InChI is InChI=1S/C16H11ClN2S/c1-10-15(11-5-3-2-4-6-11)19-13-9-12(17)7-8-14(13)20-16(19)18-10/h2-9H,1H3. The molecule has 0 aliphatic heterocycles. The van der Waals surface area contributed by atoms with E-state index >= 15 is 0 Å². The molecule has 4 heteroatoms. The summed E-state index contributed by atoms with van der Waals surface area (Å²) >= 11 is 7.85. The van der Waals surface area contributed by atoms with Crippen molar-refractivity contribution in [3.8, 4) is 11.3 Å². The molecule has 0 bridgehead atoms. The molecule has 0 fully saturated rings. The van der Waals surface area contributed by atoms with Gasteiger partial charge in [0, 0.05) is 10.6 Å². The van der Waals surface area contributed by atoms with Crippen LogP contribution in [-0.4, -0.2) is 9.38 Å². The molecular weight excluding hydrogens is 288 g/mol. The zero-order valence-electron chi connectivity index (χ0n) is 10.8. The van der Waals surface area contributed by atoms with Gasteiger partial charge in [0.15, 0.2) is 4.96 Å². The van der Waals surface area contributed by atoms with Crippen molar-refractivity contribution >= 4 is 38.1 Å². The predicted octanol–water partition coefficient (Wildman–Crippen LogP) is 5.18. The van der Waals surface area contributed by atoms with E-state index in [4.69, 9.17) is 16.6 Å². The average molecular weight is 299 g/mol. The number of halogens is 1. The van der Waals surface area contributed by atoms with Gasteiger partial charge in [0.1, 0.15) is 0 Å². The third-order valence-electron chi connectivity index (χ3n) is 3.43. The van der Waals surface area contributed by atoms with E-state index in [2.05, 4.69) is 41.7 Å². The number of hydrogen-bond acceptors (Lipinski definition) is 2. The maximum Gasteiger partial charge on any atom is 0.195 e. The second-order valence-electron chi connectivity index (χ2n) is 4.74. The van der Waals surface area contributed by atoms with Gasteiger partial charge in [0.25, 0.3) is 0 Å². The number of aryl methyl sites for hydroxylation is 1. The Morgan fingerprint density at radius 3 is 2.70 bits per heavy atom. The highest BCUT2D eigenvalue weighted by molar-refractivity contribution is 7.23. The Kier molecular flexibility index (Phi) is 2.59. The van der Waals surface area contributed by atoms with E-state index < -0.39 is 0 Å². The maximum atomic E-state index is 6.15. The number of nitrogens with zero attached hydrogens (tertiary/aromatic N) is 2. The third-order valence-corrected chi connectivity index (χ3v) is 4.69. The number of fused-ring (bicyclic) bond motifs is 3. The number of hydrogen-bond donors (Lipinski definition) is 0. The van der Waals surface area contributed by atoms with E-state index in [0.29, 0.717) is 0 Å². The molecule has 98 valence electrons. The van der Waals surface area contributed by atoms with Gasteiger partial charge >= 0.3 is 0 Å². The van der Waals surface area contributed by atoms with Crippen LogP contribution in [0.25, 0.3) is 26.4 Å². The van der Waals surface area contributed by atoms with Crippen molar-refractivity contribution in [3.05, 3.63) is 59.2 Å². The van der Waals surface area contributed by atoms with E-state index in [1.807, 2.05) is 18.2 Å². The minimum atomic E-state index is 0.752. The molecule has 2 aromatic carbocycles. The summed E-state index contributed by atoms with van der Waals surface area (Å²) in [5.74, 6) is 0. The van der Waals surface area contributed by atoms with Crippen LogP contribution in [0.4, 0.5) is 0 Å². The van der Waals surface area contributed by atoms with Gasteiger partial charge < -0.3 is 0 Å². The van der Waals surface area contributed by atoms with Crippen LogP contribution in [-0.2, 0) is 0 Å². The van der Waals surface area contributed by atoms with Crippen LogP contribution in [0.1, 0.15) is 5.69 Å². The van der Waals surface area contributed by atoms with Gasteiger partial charge in [-0.25, -0.2) is 4.98 Å². The molecule has 4 aromatic rings. The van der Waals surface area contributed by atoms with Crippen molar-refractivity contribution in [1.29, 1.82) is 0 Å². The largest absolute Gasteiger partial charge is 0.283 e. The van der Waals surface area contributed by atoms with Crippen molar-refractivity contribution in [2.45, 2.75) is 6.92 Å². The topological polar surface area (TPSA) is 17.3 Å². The van der Waals surface area contributed by atoms with Crippen LogP contribution >= 0.6 is 22.9 Å². The second-order valence-corrected chi connectivity index (χ2v) is 6.19. The summed E-state index contributed by atoms with van der Waals surface area (Å²) in [5, 5.41) is 0.752. The lowest BCUT2D eigenvalue weighted by molar-refractivity contribution is 1.28. The predicted molar refractivity (Wildman–Crippen MR) is 85.8 cm³/mol. The molecule has 2 nitrogen and oxygen atoms in total. The number of benzene rings is 2. The maximum absolute atomic E-state index is 6.15. The van der Waals surface area contributed by atoms with Crippen molar-refractivity contribution in [2.24, 2.45) is 0 Å². The average Bonchev–Trinajstić information content (AvgIpc) is 2.94. The van der Waals surface area contributed by atoms with Gasteiger partial charge in [-0.05, 0) is 25.1 Å². The molecule has 0 saturated heterocycles. The van der Waals surface area contributed by atoms with Crippen molar-refractivity contribution in [2.75, 3.05) is 0 Å². The van der Waals surface area contributed by atoms with E-state index in [1.54, 1.807) is 11.3 Å². The molecule has 0 unspecified atom stereocenters. The molecule has 4 rings (SSSR count). The molecule has 2 aromatic heterocycles. The van der Waals surface area contributed by atoms with Crippen molar-refractivity contribution in [3.63, 3.8) is 0 Å². The van der Waals surface area contributed by atoms with Gasteiger partial charge in [0.2, 0.25) is 0 Å². The number of thiazole rings is 1. The van der Waals surface area contributed by atoms with Gasteiger partial charge in [-0.2, -0.15) is 0 Å². The van der Waals surface area contributed by atoms with Gasteiger partial charge in [-0.1, -0.05) is 53.3 Å². The fourth-order valence-electron chi connectivity index (χ4n) is 2.58. The van der Waals surface area contributed by atoms with Crippen LogP contribution in [0.2, 0.25) is 5.02 Å². The van der Waals surface area contributed by atoms with Crippen LogP contribution in [0, 0.1) is 6.92 Å². The Morgan fingerprint density at radius 1 is 1.10 bits per heavy atom. The summed E-state index contributed by atoms with van der Waals surface area (Å²) in [6.07, 6.45) is 0.